The van der Waals surface area contributed by atoms with Gasteiger partial charge in [-0.25, -0.2) is 0 Å². The van der Waals surface area contributed by atoms with Crippen molar-refractivity contribution in [3.05, 3.63) is 71.4 Å². The topological polar surface area (TPSA) is 54.5 Å². The van der Waals surface area contributed by atoms with Crippen LogP contribution in [0.1, 0.15) is 15.4 Å². The monoisotopic (exact) mass is 379 g/mol. The Morgan fingerprint density at radius 3 is 2.63 bits per heavy atom. The number of nitrogens with zero attached hydrogens (tertiary/aromatic N) is 2. The second kappa shape index (κ2) is 8.33. The summed E-state index contributed by atoms with van der Waals surface area (Å²) in [6, 6.07) is 17.9. The van der Waals surface area contributed by atoms with Crippen molar-refractivity contribution in [2.24, 2.45) is 0 Å². The molecule has 3 heterocycles. The molecule has 0 atom stereocenters. The number of ether oxygens (including phenoxy) is 1. The van der Waals surface area contributed by atoms with Crippen molar-refractivity contribution >= 4 is 22.2 Å². The molecule has 1 N–H and O–H groups in total. The van der Waals surface area contributed by atoms with Gasteiger partial charge in [0.25, 0.3) is 5.91 Å². The van der Waals surface area contributed by atoms with Gasteiger partial charge in [-0.05, 0) is 23.8 Å². The number of morpholine rings is 1. The lowest BCUT2D eigenvalue weighted by atomic mass is 10.1. The lowest BCUT2D eigenvalue weighted by Crippen LogP contribution is -2.35. The van der Waals surface area contributed by atoms with Crippen molar-refractivity contribution in [3.63, 3.8) is 0 Å². The van der Waals surface area contributed by atoms with Gasteiger partial charge in [0.2, 0.25) is 0 Å². The SMILES string of the molecule is O=C(NCc1ccccn1)c1cc(-c2ccccc2)c(N2CCOCC2)s1. The van der Waals surface area contributed by atoms with Gasteiger partial charge in [-0.2, -0.15) is 0 Å². The molecule has 1 aromatic carbocycles. The Morgan fingerprint density at radius 2 is 1.89 bits per heavy atom. The van der Waals surface area contributed by atoms with Crippen molar-refractivity contribution in [1.29, 1.82) is 0 Å². The largest absolute Gasteiger partial charge is 0.378 e. The summed E-state index contributed by atoms with van der Waals surface area (Å²) in [7, 11) is 0. The third-order valence-corrected chi connectivity index (χ3v) is 5.67. The third-order valence-electron chi connectivity index (χ3n) is 4.48. The number of amides is 1. The zero-order chi connectivity index (χ0) is 18.5. The number of pyridine rings is 1. The van der Waals surface area contributed by atoms with Crippen LogP contribution < -0.4 is 10.2 Å². The molecular weight excluding hydrogens is 358 g/mol. The average Bonchev–Trinajstić information content (AvgIpc) is 3.20. The summed E-state index contributed by atoms with van der Waals surface area (Å²) in [6.07, 6.45) is 1.73. The van der Waals surface area contributed by atoms with Crippen LogP contribution in [0.3, 0.4) is 0 Å². The standard InChI is InChI=1S/C21H21N3O2S/c25-20(23-15-17-8-4-5-9-22-17)19-14-18(16-6-2-1-3-7-16)21(27-19)24-10-12-26-13-11-24/h1-9,14H,10-13,15H2,(H,23,25). The number of aromatic nitrogens is 1. The summed E-state index contributed by atoms with van der Waals surface area (Å²) >= 11 is 1.54. The van der Waals surface area contributed by atoms with E-state index in [2.05, 4.69) is 27.3 Å². The van der Waals surface area contributed by atoms with Crippen LogP contribution in [0.15, 0.2) is 60.8 Å². The number of hydrogen-bond acceptors (Lipinski definition) is 5. The first-order valence-corrected chi connectivity index (χ1v) is 9.83. The molecule has 2 aromatic heterocycles. The number of carbonyl (C=O) groups is 1. The van der Waals surface area contributed by atoms with Crippen molar-refractivity contribution in [2.45, 2.75) is 6.54 Å². The van der Waals surface area contributed by atoms with Crippen LogP contribution in [-0.4, -0.2) is 37.2 Å². The molecule has 138 valence electrons. The summed E-state index contributed by atoms with van der Waals surface area (Å²) in [5, 5.41) is 4.11. The van der Waals surface area contributed by atoms with E-state index < -0.39 is 0 Å². The first-order valence-electron chi connectivity index (χ1n) is 9.01. The highest BCUT2D eigenvalue weighted by molar-refractivity contribution is 7.18. The molecule has 0 radical (unpaired) electrons. The molecule has 1 saturated heterocycles. The second-order valence-corrected chi connectivity index (χ2v) is 7.33. The van der Waals surface area contributed by atoms with Gasteiger partial charge < -0.3 is 15.0 Å². The van der Waals surface area contributed by atoms with Crippen LogP contribution in [0, 0.1) is 0 Å². The van der Waals surface area contributed by atoms with Crippen molar-refractivity contribution in [3.8, 4) is 11.1 Å². The lowest BCUT2D eigenvalue weighted by Gasteiger charge is -2.28. The molecule has 0 aliphatic carbocycles. The normalized spacial score (nSPS) is 14.1. The summed E-state index contributed by atoms with van der Waals surface area (Å²) in [6.45, 7) is 3.54. The zero-order valence-electron chi connectivity index (χ0n) is 14.9. The maximum Gasteiger partial charge on any atom is 0.261 e. The van der Waals surface area contributed by atoms with Crippen LogP contribution in [0.2, 0.25) is 0 Å². The molecule has 1 amide bonds. The Kier molecular flexibility index (Phi) is 5.46. The van der Waals surface area contributed by atoms with Gasteiger partial charge in [-0.1, -0.05) is 36.4 Å². The van der Waals surface area contributed by atoms with Crippen LogP contribution in [-0.2, 0) is 11.3 Å². The second-order valence-electron chi connectivity index (χ2n) is 6.30. The zero-order valence-corrected chi connectivity index (χ0v) is 15.7. The quantitative estimate of drug-likeness (QED) is 0.736. The molecule has 5 nitrogen and oxygen atoms in total. The van der Waals surface area contributed by atoms with Crippen LogP contribution in [0.25, 0.3) is 11.1 Å². The highest BCUT2D eigenvalue weighted by Crippen LogP contribution is 2.39. The molecule has 1 aliphatic heterocycles. The predicted molar refractivity (Wildman–Crippen MR) is 108 cm³/mol. The number of benzene rings is 1. The van der Waals surface area contributed by atoms with E-state index in [0.717, 1.165) is 34.9 Å². The van der Waals surface area contributed by atoms with E-state index in [1.807, 2.05) is 42.5 Å². The molecule has 0 unspecified atom stereocenters. The summed E-state index contributed by atoms with van der Waals surface area (Å²) in [4.78, 5) is 20.0. The molecule has 0 saturated carbocycles. The fourth-order valence-electron chi connectivity index (χ4n) is 3.08. The van der Waals surface area contributed by atoms with Crippen molar-refractivity contribution in [2.75, 3.05) is 31.2 Å². The molecule has 6 heteroatoms. The van der Waals surface area contributed by atoms with E-state index in [4.69, 9.17) is 4.74 Å². The number of thiophene rings is 1. The van der Waals surface area contributed by atoms with Gasteiger partial charge in [0, 0.05) is 24.8 Å². The minimum atomic E-state index is -0.0673. The molecular formula is C21H21N3O2S. The van der Waals surface area contributed by atoms with E-state index in [0.29, 0.717) is 24.6 Å². The predicted octanol–water partition coefficient (Wildman–Crippen LogP) is 3.58. The fourth-order valence-corrected chi connectivity index (χ4v) is 4.23. The number of carbonyl (C=O) groups excluding carboxylic acids is 1. The van der Waals surface area contributed by atoms with Gasteiger partial charge in [0.15, 0.2) is 0 Å². The van der Waals surface area contributed by atoms with E-state index >= 15 is 0 Å². The molecule has 0 bridgehead atoms. The highest BCUT2D eigenvalue weighted by atomic mass is 32.1. The number of anilines is 1. The van der Waals surface area contributed by atoms with E-state index in [1.165, 1.54) is 0 Å². The number of hydrogen-bond donors (Lipinski definition) is 1. The molecule has 0 spiro atoms. The smallest absolute Gasteiger partial charge is 0.261 e. The summed E-state index contributed by atoms with van der Waals surface area (Å²) in [5.74, 6) is -0.0673. The van der Waals surface area contributed by atoms with Gasteiger partial charge >= 0.3 is 0 Å². The molecule has 27 heavy (non-hydrogen) atoms. The molecule has 3 aromatic rings. The first kappa shape index (κ1) is 17.7. The van der Waals surface area contributed by atoms with E-state index in [-0.39, 0.29) is 5.91 Å². The molecule has 4 rings (SSSR count). The summed E-state index contributed by atoms with van der Waals surface area (Å²) < 4.78 is 5.49. The number of rotatable bonds is 5. The lowest BCUT2D eigenvalue weighted by molar-refractivity contribution is 0.0954. The van der Waals surface area contributed by atoms with E-state index in [9.17, 15) is 4.79 Å². The number of nitrogens with one attached hydrogen (secondary N) is 1. The van der Waals surface area contributed by atoms with Gasteiger partial charge in [-0.3, -0.25) is 9.78 Å². The minimum absolute atomic E-state index is 0.0673. The Bertz CT molecular complexity index is 890. The molecule has 1 fully saturated rings. The Labute approximate surface area is 162 Å². The first-order chi connectivity index (χ1) is 13.3. The van der Waals surface area contributed by atoms with Crippen LogP contribution in [0.4, 0.5) is 5.00 Å². The Morgan fingerprint density at radius 1 is 1.11 bits per heavy atom. The maximum atomic E-state index is 12.7. The van der Waals surface area contributed by atoms with Crippen molar-refractivity contribution < 1.29 is 9.53 Å². The van der Waals surface area contributed by atoms with Crippen molar-refractivity contribution in [1.82, 2.24) is 10.3 Å². The fraction of sp³-hybridized carbons (Fsp3) is 0.238. The average molecular weight is 379 g/mol. The van der Waals surface area contributed by atoms with Crippen LogP contribution >= 0.6 is 11.3 Å². The van der Waals surface area contributed by atoms with Gasteiger partial charge in [0.05, 0.1) is 35.3 Å². The summed E-state index contributed by atoms with van der Waals surface area (Å²) in [5.41, 5.74) is 3.07. The van der Waals surface area contributed by atoms with Gasteiger partial charge in [0.1, 0.15) is 0 Å². The third kappa shape index (κ3) is 4.18. The van der Waals surface area contributed by atoms with E-state index in [1.54, 1.807) is 17.5 Å². The van der Waals surface area contributed by atoms with Gasteiger partial charge in [-0.15, -0.1) is 11.3 Å². The molecule has 1 aliphatic rings. The Balaban J connectivity index is 1.59. The van der Waals surface area contributed by atoms with Crippen LogP contribution in [0.5, 0.6) is 0 Å². The Hall–Kier alpha value is -2.70. The minimum Gasteiger partial charge on any atom is -0.378 e. The maximum absolute atomic E-state index is 12.7. The highest BCUT2D eigenvalue weighted by Gasteiger charge is 2.21.